The summed E-state index contributed by atoms with van der Waals surface area (Å²) in [4.78, 5) is 16.2. The number of nitrogens with zero attached hydrogens (tertiary/aromatic N) is 1. The van der Waals surface area contributed by atoms with Crippen molar-refractivity contribution in [2.45, 2.75) is 40.2 Å². The van der Waals surface area contributed by atoms with Crippen LogP contribution in [0.25, 0.3) is 0 Å². The van der Waals surface area contributed by atoms with Crippen molar-refractivity contribution in [2.24, 2.45) is 5.92 Å². The second-order valence-corrected chi connectivity index (χ2v) is 4.94. The summed E-state index contributed by atoms with van der Waals surface area (Å²) in [5, 5.41) is 12.4. The third-order valence-electron chi connectivity index (χ3n) is 2.96. The molecule has 0 saturated heterocycles. The number of carbonyl (C=O) groups excluding carboxylic acids is 1. The predicted molar refractivity (Wildman–Crippen MR) is 71.5 cm³/mol. The molecule has 0 fully saturated rings. The monoisotopic (exact) mass is 250 g/mol. The van der Waals surface area contributed by atoms with E-state index in [1.54, 1.807) is 6.07 Å². The van der Waals surface area contributed by atoms with Gasteiger partial charge in [0.1, 0.15) is 0 Å². The van der Waals surface area contributed by atoms with E-state index in [2.05, 4.69) is 10.3 Å². The molecule has 0 radical (unpaired) electrons. The Morgan fingerprint density at radius 1 is 1.39 bits per heavy atom. The van der Waals surface area contributed by atoms with Crippen molar-refractivity contribution in [3.8, 4) is 0 Å². The van der Waals surface area contributed by atoms with Gasteiger partial charge in [0.25, 0.3) is 5.91 Å². The summed E-state index contributed by atoms with van der Waals surface area (Å²) >= 11 is 0. The molecule has 1 rings (SSSR count). The average Bonchev–Trinajstić information content (AvgIpc) is 2.28. The highest BCUT2D eigenvalue weighted by Gasteiger charge is 2.12. The highest BCUT2D eigenvalue weighted by Crippen LogP contribution is 2.07. The lowest BCUT2D eigenvalue weighted by Gasteiger charge is -2.14. The molecule has 0 aliphatic heterocycles. The van der Waals surface area contributed by atoms with Gasteiger partial charge in [-0.3, -0.25) is 9.78 Å². The Bertz CT molecular complexity index is 416. The van der Waals surface area contributed by atoms with Crippen LogP contribution >= 0.6 is 0 Å². The van der Waals surface area contributed by atoms with Crippen LogP contribution in [0.1, 0.15) is 42.0 Å². The van der Waals surface area contributed by atoms with E-state index in [-0.39, 0.29) is 17.9 Å². The molecule has 0 aliphatic rings. The molecule has 100 valence electrons. The Morgan fingerprint density at radius 3 is 2.61 bits per heavy atom. The smallest absolute Gasteiger partial charge is 0.253 e. The Labute approximate surface area is 108 Å². The molecule has 4 nitrogen and oxygen atoms in total. The molecule has 0 aromatic carbocycles. The molecule has 1 aromatic heterocycles. The van der Waals surface area contributed by atoms with Gasteiger partial charge < -0.3 is 10.4 Å². The summed E-state index contributed by atoms with van der Waals surface area (Å²) in [6.45, 7) is 8.12. The van der Waals surface area contributed by atoms with E-state index < -0.39 is 0 Å². The first kappa shape index (κ1) is 14.6. The maximum atomic E-state index is 11.9. The summed E-state index contributed by atoms with van der Waals surface area (Å²) < 4.78 is 0. The van der Waals surface area contributed by atoms with Gasteiger partial charge in [0.05, 0.1) is 17.4 Å². The number of aromatic nitrogens is 1. The average molecular weight is 250 g/mol. The molecule has 1 aromatic rings. The maximum absolute atomic E-state index is 11.9. The van der Waals surface area contributed by atoms with Crippen molar-refractivity contribution in [3.63, 3.8) is 0 Å². The molecule has 1 heterocycles. The maximum Gasteiger partial charge on any atom is 0.253 e. The Kier molecular flexibility index (Phi) is 5.28. The fourth-order valence-electron chi connectivity index (χ4n) is 1.69. The van der Waals surface area contributed by atoms with Crippen LogP contribution in [0.15, 0.2) is 12.1 Å². The summed E-state index contributed by atoms with van der Waals surface area (Å²) in [5.74, 6) is 0.0839. The van der Waals surface area contributed by atoms with E-state index in [0.29, 0.717) is 18.5 Å². The van der Waals surface area contributed by atoms with Crippen LogP contribution in [-0.2, 0) is 0 Å². The van der Waals surface area contributed by atoms with Gasteiger partial charge in [-0.1, -0.05) is 13.8 Å². The second-order valence-electron chi connectivity index (χ2n) is 4.94. The number of pyridine rings is 1. The third kappa shape index (κ3) is 4.11. The van der Waals surface area contributed by atoms with Crippen LogP contribution in [0.3, 0.4) is 0 Å². The summed E-state index contributed by atoms with van der Waals surface area (Å²) in [7, 11) is 0. The topological polar surface area (TPSA) is 62.2 Å². The van der Waals surface area contributed by atoms with Gasteiger partial charge in [-0.25, -0.2) is 0 Å². The van der Waals surface area contributed by atoms with Crippen molar-refractivity contribution in [2.75, 3.05) is 6.54 Å². The molecule has 0 aliphatic carbocycles. The fraction of sp³-hybridized carbons (Fsp3) is 0.571. The van der Waals surface area contributed by atoms with Gasteiger partial charge in [-0.2, -0.15) is 0 Å². The Hall–Kier alpha value is -1.42. The first-order chi connectivity index (χ1) is 8.41. The molecular weight excluding hydrogens is 228 g/mol. The predicted octanol–water partition coefficient (Wildman–Crippen LogP) is 1.84. The van der Waals surface area contributed by atoms with Crippen molar-refractivity contribution in [1.29, 1.82) is 0 Å². The standard InChI is InChI=1S/C14H22N2O2/c1-9(2)13(17)7-8-15-14(18)12-6-5-10(3)16-11(12)4/h5-6,9,13,17H,7-8H2,1-4H3,(H,15,18). The van der Waals surface area contributed by atoms with E-state index in [1.165, 1.54) is 0 Å². The largest absolute Gasteiger partial charge is 0.393 e. The summed E-state index contributed by atoms with van der Waals surface area (Å²) in [6, 6.07) is 3.61. The van der Waals surface area contributed by atoms with Gasteiger partial charge in [0.15, 0.2) is 0 Å². The third-order valence-corrected chi connectivity index (χ3v) is 2.96. The van der Waals surface area contributed by atoms with Crippen LogP contribution in [0.2, 0.25) is 0 Å². The SMILES string of the molecule is Cc1ccc(C(=O)NCCC(O)C(C)C)c(C)n1. The minimum absolute atomic E-state index is 0.129. The van der Waals surface area contributed by atoms with Crippen LogP contribution < -0.4 is 5.32 Å². The van der Waals surface area contributed by atoms with E-state index >= 15 is 0 Å². The number of amides is 1. The number of nitrogens with one attached hydrogen (secondary N) is 1. The number of rotatable bonds is 5. The fourth-order valence-corrected chi connectivity index (χ4v) is 1.69. The Balaban J connectivity index is 2.51. The number of hydrogen-bond donors (Lipinski definition) is 2. The van der Waals surface area contributed by atoms with Crippen molar-refractivity contribution >= 4 is 5.91 Å². The zero-order chi connectivity index (χ0) is 13.7. The molecule has 0 spiro atoms. The van der Waals surface area contributed by atoms with Gasteiger partial charge in [-0.05, 0) is 38.3 Å². The summed E-state index contributed by atoms with van der Waals surface area (Å²) in [5.41, 5.74) is 2.23. The highest BCUT2D eigenvalue weighted by atomic mass is 16.3. The van der Waals surface area contributed by atoms with Crippen LogP contribution in [-0.4, -0.2) is 28.6 Å². The van der Waals surface area contributed by atoms with E-state index in [1.807, 2.05) is 33.8 Å². The summed E-state index contributed by atoms with van der Waals surface area (Å²) in [6.07, 6.45) is 0.199. The molecule has 0 bridgehead atoms. The number of hydrogen-bond acceptors (Lipinski definition) is 3. The quantitative estimate of drug-likeness (QED) is 0.838. The second kappa shape index (κ2) is 6.50. The van der Waals surface area contributed by atoms with Crippen molar-refractivity contribution < 1.29 is 9.90 Å². The molecule has 0 saturated carbocycles. The van der Waals surface area contributed by atoms with Gasteiger partial charge in [-0.15, -0.1) is 0 Å². The normalized spacial score (nSPS) is 12.6. The van der Waals surface area contributed by atoms with Gasteiger partial charge in [0.2, 0.25) is 0 Å². The lowest BCUT2D eigenvalue weighted by Crippen LogP contribution is -2.29. The molecule has 1 atom stereocenters. The minimum Gasteiger partial charge on any atom is -0.393 e. The first-order valence-electron chi connectivity index (χ1n) is 6.32. The van der Waals surface area contributed by atoms with Gasteiger partial charge in [0, 0.05) is 12.2 Å². The van der Waals surface area contributed by atoms with Crippen molar-refractivity contribution in [3.05, 3.63) is 29.1 Å². The molecular formula is C14H22N2O2. The van der Waals surface area contributed by atoms with E-state index in [4.69, 9.17) is 0 Å². The zero-order valence-electron chi connectivity index (χ0n) is 11.5. The molecule has 18 heavy (non-hydrogen) atoms. The van der Waals surface area contributed by atoms with Crippen LogP contribution in [0.5, 0.6) is 0 Å². The van der Waals surface area contributed by atoms with E-state index in [9.17, 15) is 9.90 Å². The molecule has 1 amide bonds. The number of carbonyl (C=O) groups is 1. The van der Waals surface area contributed by atoms with E-state index in [0.717, 1.165) is 11.4 Å². The van der Waals surface area contributed by atoms with Crippen LogP contribution in [0, 0.1) is 19.8 Å². The highest BCUT2D eigenvalue weighted by molar-refractivity contribution is 5.95. The zero-order valence-corrected chi connectivity index (χ0v) is 11.5. The van der Waals surface area contributed by atoms with Gasteiger partial charge >= 0.3 is 0 Å². The van der Waals surface area contributed by atoms with Crippen LogP contribution in [0.4, 0.5) is 0 Å². The first-order valence-corrected chi connectivity index (χ1v) is 6.32. The lowest BCUT2D eigenvalue weighted by molar-refractivity contribution is 0.0919. The number of aryl methyl sites for hydroxylation is 2. The van der Waals surface area contributed by atoms with Crippen molar-refractivity contribution in [1.82, 2.24) is 10.3 Å². The lowest BCUT2D eigenvalue weighted by atomic mass is 10.0. The molecule has 1 unspecified atom stereocenters. The molecule has 4 heteroatoms. The minimum atomic E-state index is -0.373. The Morgan fingerprint density at radius 2 is 2.06 bits per heavy atom. The molecule has 2 N–H and O–H groups in total. The number of aliphatic hydroxyl groups is 1. The number of aliphatic hydroxyl groups excluding tert-OH is 1.